The summed E-state index contributed by atoms with van der Waals surface area (Å²) < 4.78 is 5.76. The molecule has 0 aliphatic heterocycles. The van der Waals surface area contributed by atoms with Crippen LogP contribution in [0, 0.1) is 34.0 Å². The van der Waals surface area contributed by atoms with Crippen LogP contribution in [-0.4, -0.2) is 0 Å². The molecule has 0 saturated heterocycles. The van der Waals surface area contributed by atoms with Gasteiger partial charge in [0.1, 0.15) is 36.3 Å². The number of nitriles is 3. The molecule has 5 heteroatoms. The van der Waals surface area contributed by atoms with Gasteiger partial charge >= 0.3 is 0 Å². The number of para-hydroxylation sites is 2. The highest BCUT2D eigenvalue weighted by Crippen LogP contribution is 2.26. The van der Waals surface area contributed by atoms with Crippen molar-refractivity contribution in [2.24, 2.45) is 0 Å². The molecule has 2 rings (SSSR count). The van der Waals surface area contributed by atoms with Crippen molar-refractivity contribution < 1.29 is 4.74 Å². The fourth-order valence-corrected chi connectivity index (χ4v) is 1.85. The molecule has 2 aromatic carbocycles. The molecule has 0 heterocycles. The second kappa shape index (κ2) is 7.88. The minimum atomic E-state index is -0.273. The molecule has 0 unspecified atom stereocenters. The van der Waals surface area contributed by atoms with Crippen molar-refractivity contribution in [2.75, 3.05) is 5.32 Å². The number of ether oxygens (including phenoxy) is 1. The second-order valence-electron chi connectivity index (χ2n) is 4.48. The summed E-state index contributed by atoms with van der Waals surface area (Å²) in [5, 5.41) is 29.6. The van der Waals surface area contributed by atoms with E-state index in [2.05, 4.69) is 5.32 Å². The van der Waals surface area contributed by atoms with E-state index in [0.29, 0.717) is 18.0 Å². The predicted molar refractivity (Wildman–Crippen MR) is 84.7 cm³/mol. The quantitative estimate of drug-likeness (QED) is 0.853. The number of allylic oxidation sites excluding steroid dienone is 2. The van der Waals surface area contributed by atoms with Crippen LogP contribution in [0.3, 0.4) is 0 Å². The van der Waals surface area contributed by atoms with Crippen LogP contribution in [0.15, 0.2) is 65.9 Å². The van der Waals surface area contributed by atoms with Crippen LogP contribution in [0.25, 0.3) is 0 Å². The summed E-state index contributed by atoms with van der Waals surface area (Å²) in [4.78, 5) is 0. The maximum Gasteiger partial charge on any atom is 0.163 e. The summed E-state index contributed by atoms with van der Waals surface area (Å²) in [6.45, 7) is 0.370. The third-order valence-corrected chi connectivity index (χ3v) is 2.97. The molecule has 5 nitrogen and oxygen atoms in total. The molecule has 1 N–H and O–H groups in total. The summed E-state index contributed by atoms with van der Waals surface area (Å²) >= 11 is 0. The van der Waals surface area contributed by atoms with Crippen LogP contribution in [0.2, 0.25) is 0 Å². The molecule has 0 atom stereocenters. The number of nitrogens with one attached hydrogen (secondary N) is 1. The second-order valence-corrected chi connectivity index (χ2v) is 4.48. The average Bonchev–Trinajstić information content (AvgIpc) is 2.61. The van der Waals surface area contributed by atoms with Crippen LogP contribution in [0.1, 0.15) is 5.56 Å². The Morgan fingerprint density at radius 3 is 2.17 bits per heavy atom. The average molecular weight is 300 g/mol. The lowest BCUT2D eigenvalue weighted by molar-refractivity contribution is 0.308. The summed E-state index contributed by atoms with van der Waals surface area (Å²) in [7, 11) is 0. The molecule has 0 aliphatic rings. The highest BCUT2D eigenvalue weighted by molar-refractivity contribution is 5.64. The number of anilines is 1. The molecule has 0 bridgehead atoms. The van der Waals surface area contributed by atoms with Gasteiger partial charge in [-0.1, -0.05) is 42.5 Å². The van der Waals surface area contributed by atoms with E-state index in [0.717, 1.165) is 5.56 Å². The SMILES string of the molecule is N#CC(C#N)=C(C#N)Nc1ccccc1OCc1ccccc1. The van der Waals surface area contributed by atoms with E-state index in [1.54, 1.807) is 36.4 Å². The molecule has 2 aromatic rings. The molecule has 0 saturated carbocycles. The van der Waals surface area contributed by atoms with Gasteiger partial charge in [0, 0.05) is 0 Å². The molecule has 0 aromatic heterocycles. The van der Waals surface area contributed by atoms with E-state index in [4.69, 9.17) is 20.5 Å². The predicted octanol–water partition coefficient (Wildman–Crippen LogP) is 3.50. The van der Waals surface area contributed by atoms with E-state index < -0.39 is 0 Å². The molecule has 0 radical (unpaired) electrons. The lowest BCUT2D eigenvalue weighted by atomic mass is 10.2. The molecule has 0 aliphatic carbocycles. The highest BCUT2D eigenvalue weighted by atomic mass is 16.5. The summed E-state index contributed by atoms with van der Waals surface area (Å²) in [5.41, 5.74) is 1.15. The molecule has 0 fully saturated rings. The number of rotatable bonds is 5. The van der Waals surface area contributed by atoms with E-state index in [1.807, 2.05) is 36.4 Å². The van der Waals surface area contributed by atoms with Crippen molar-refractivity contribution in [2.45, 2.75) is 6.61 Å². The molecule has 23 heavy (non-hydrogen) atoms. The fraction of sp³-hybridized carbons (Fsp3) is 0.0556. The third kappa shape index (κ3) is 4.11. The van der Waals surface area contributed by atoms with Crippen LogP contribution in [-0.2, 0) is 6.61 Å². The normalized spacial score (nSPS) is 8.91. The molecular formula is C18H12N4O. The lowest BCUT2D eigenvalue weighted by Gasteiger charge is -2.12. The third-order valence-electron chi connectivity index (χ3n) is 2.97. The maximum atomic E-state index is 9.11. The molecule has 110 valence electrons. The van der Waals surface area contributed by atoms with Crippen LogP contribution < -0.4 is 10.1 Å². The largest absolute Gasteiger partial charge is 0.487 e. The van der Waals surface area contributed by atoms with Gasteiger partial charge in [0.15, 0.2) is 5.57 Å². The van der Waals surface area contributed by atoms with E-state index in [1.165, 1.54) is 0 Å². The first-order valence-electron chi connectivity index (χ1n) is 6.76. The number of benzene rings is 2. The Labute approximate surface area is 134 Å². The minimum Gasteiger partial charge on any atom is -0.487 e. The van der Waals surface area contributed by atoms with Crippen molar-refractivity contribution in [3.05, 3.63) is 71.4 Å². The fourth-order valence-electron chi connectivity index (χ4n) is 1.85. The molecule has 0 spiro atoms. The Hall–Kier alpha value is -3.75. The smallest absolute Gasteiger partial charge is 0.163 e. The van der Waals surface area contributed by atoms with Crippen molar-refractivity contribution in [3.63, 3.8) is 0 Å². The van der Waals surface area contributed by atoms with Gasteiger partial charge < -0.3 is 10.1 Å². The van der Waals surface area contributed by atoms with Gasteiger partial charge in [-0.05, 0) is 17.7 Å². The van der Waals surface area contributed by atoms with Gasteiger partial charge in [-0.3, -0.25) is 0 Å². The Morgan fingerprint density at radius 2 is 1.52 bits per heavy atom. The molecule has 0 amide bonds. The first-order chi connectivity index (χ1) is 11.3. The standard InChI is InChI=1S/C18H12N4O/c19-10-15(11-20)17(12-21)22-16-8-4-5-9-18(16)23-13-14-6-2-1-3-7-14/h1-9,22H,13H2. The topological polar surface area (TPSA) is 92.6 Å². The van der Waals surface area contributed by atoms with E-state index in [9.17, 15) is 0 Å². The summed E-state index contributed by atoms with van der Waals surface area (Å²) in [5.74, 6) is 0.527. The van der Waals surface area contributed by atoms with Crippen LogP contribution >= 0.6 is 0 Å². The van der Waals surface area contributed by atoms with Crippen molar-refractivity contribution in [1.82, 2.24) is 0 Å². The van der Waals surface area contributed by atoms with Gasteiger partial charge in [0.05, 0.1) is 5.69 Å². The van der Waals surface area contributed by atoms with Crippen LogP contribution in [0.5, 0.6) is 5.75 Å². The first-order valence-corrected chi connectivity index (χ1v) is 6.76. The van der Waals surface area contributed by atoms with Gasteiger partial charge in [-0.15, -0.1) is 0 Å². The van der Waals surface area contributed by atoms with Gasteiger partial charge in [0.25, 0.3) is 0 Å². The Kier molecular flexibility index (Phi) is 5.36. The van der Waals surface area contributed by atoms with Crippen molar-refractivity contribution in [3.8, 4) is 24.0 Å². The number of nitrogens with zero attached hydrogens (tertiary/aromatic N) is 3. The summed E-state index contributed by atoms with van der Waals surface area (Å²) in [6, 6.07) is 21.9. The van der Waals surface area contributed by atoms with E-state index >= 15 is 0 Å². The van der Waals surface area contributed by atoms with E-state index in [-0.39, 0.29) is 11.3 Å². The van der Waals surface area contributed by atoms with Gasteiger partial charge in [0.2, 0.25) is 0 Å². The Morgan fingerprint density at radius 1 is 0.870 bits per heavy atom. The maximum absolute atomic E-state index is 9.11. The number of hydrogen-bond donors (Lipinski definition) is 1. The monoisotopic (exact) mass is 300 g/mol. The Bertz CT molecular complexity index is 820. The van der Waals surface area contributed by atoms with Gasteiger partial charge in [-0.25, -0.2) is 0 Å². The lowest BCUT2D eigenvalue weighted by Crippen LogP contribution is -2.04. The molecular weight excluding hydrogens is 288 g/mol. The van der Waals surface area contributed by atoms with Crippen molar-refractivity contribution >= 4 is 5.69 Å². The number of hydrogen-bond acceptors (Lipinski definition) is 5. The highest BCUT2D eigenvalue weighted by Gasteiger charge is 2.09. The zero-order valence-electron chi connectivity index (χ0n) is 12.2. The zero-order valence-corrected chi connectivity index (χ0v) is 12.2. The van der Waals surface area contributed by atoms with Crippen molar-refractivity contribution in [1.29, 1.82) is 15.8 Å². The van der Waals surface area contributed by atoms with Gasteiger partial charge in [-0.2, -0.15) is 15.8 Å². The summed E-state index contributed by atoms with van der Waals surface area (Å²) in [6.07, 6.45) is 0. The zero-order chi connectivity index (χ0) is 16.5. The minimum absolute atomic E-state index is 0.106. The van der Waals surface area contributed by atoms with Crippen LogP contribution in [0.4, 0.5) is 5.69 Å². The first kappa shape index (κ1) is 15.6. The Balaban J connectivity index is 2.22.